The smallest absolute Gasteiger partial charge is 0.338 e. The average molecular weight is 285 g/mol. The van der Waals surface area contributed by atoms with Crippen LogP contribution in [0.3, 0.4) is 0 Å². The summed E-state index contributed by atoms with van der Waals surface area (Å²) in [6, 6.07) is 14.5. The van der Waals surface area contributed by atoms with Gasteiger partial charge in [0.2, 0.25) is 0 Å². The van der Waals surface area contributed by atoms with Crippen LogP contribution in [0.2, 0.25) is 0 Å². The standard InChI is InChI=1S/C17H19NO3/c1-12(2)21-17(19)14-7-5-6-13(10-14)11-20-16-9-4-3-8-15(16)18/h3-10,12H,11,18H2,1-2H3. The number of nitrogens with two attached hydrogens (primary N) is 1. The number of carbonyl (C=O) groups excluding carboxylic acids is 1. The number of nitrogen functional groups attached to an aromatic ring is 1. The Bertz CT molecular complexity index is 623. The van der Waals surface area contributed by atoms with Crippen LogP contribution in [0.1, 0.15) is 29.8 Å². The zero-order valence-corrected chi connectivity index (χ0v) is 12.2. The molecule has 21 heavy (non-hydrogen) atoms. The van der Waals surface area contributed by atoms with Gasteiger partial charge in [-0.15, -0.1) is 0 Å². The number of benzene rings is 2. The largest absolute Gasteiger partial charge is 0.487 e. The zero-order chi connectivity index (χ0) is 15.2. The minimum Gasteiger partial charge on any atom is -0.487 e. The Morgan fingerprint density at radius 1 is 1.14 bits per heavy atom. The molecular weight excluding hydrogens is 266 g/mol. The summed E-state index contributed by atoms with van der Waals surface area (Å²) in [5.41, 5.74) is 7.81. The van der Waals surface area contributed by atoms with Crippen LogP contribution in [-0.4, -0.2) is 12.1 Å². The number of anilines is 1. The summed E-state index contributed by atoms with van der Waals surface area (Å²) in [4.78, 5) is 11.9. The fourth-order valence-electron chi connectivity index (χ4n) is 1.84. The van der Waals surface area contributed by atoms with E-state index in [1.54, 1.807) is 18.2 Å². The van der Waals surface area contributed by atoms with Crippen LogP contribution in [0.25, 0.3) is 0 Å². The van der Waals surface area contributed by atoms with Crippen molar-refractivity contribution in [2.24, 2.45) is 0 Å². The average Bonchev–Trinajstić information content (AvgIpc) is 2.46. The molecular formula is C17H19NO3. The molecule has 0 bridgehead atoms. The van der Waals surface area contributed by atoms with Crippen molar-refractivity contribution in [2.45, 2.75) is 26.6 Å². The third-order valence-electron chi connectivity index (χ3n) is 2.82. The number of hydrogen-bond donors (Lipinski definition) is 1. The van der Waals surface area contributed by atoms with Crippen molar-refractivity contribution in [3.05, 3.63) is 59.7 Å². The molecule has 0 saturated heterocycles. The van der Waals surface area contributed by atoms with Crippen molar-refractivity contribution < 1.29 is 14.3 Å². The predicted octanol–water partition coefficient (Wildman–Crippen LogP) is 3.41. The van der Waals surface area contributed by atoms with Crippen molar-refractivity contribution in [3.8, 4) is 5.75 Å². The summed E-state index contributed by atoms with van der Waals surface area (Å²) in [5.74, 6) is 0.304. The van der Waals surface area contributed by atoms with Crippen LogP contribution in [0.5, 0.6) is 5.75 Å². The van der Waals surface area contributed by atoms with Crippen molar-refractivity contribution in [1.82, 2.24) is 0 Å². The Labute approximate surface area is 124 Å². The first-order valence-corrected chi connectivity index (χ1v) is 6.83. The van der Waals surface area contributed by atoms with Gasteiger partial charge in [0.25, 0.3) is 0 Å². The van der Waals surface area contributed by atoms with Crippen LogP contribution in [-0.2, 0) is 11.3 Å². The monoisotopic (exact) mass is 285 g/mol. The van der Waals surface area contributed by atoms with E-state index in [9.17, 15) is 4.79 Å². The highest BCUT2D eigenvalue weighted by Crippen LogP contribution is 2.21. The van der Waals surface area contributed by atoms with E-state index < -0.39 is 0 Å². The molecule has 0 atom stereocenters. The van der Waals surface area contributed by atoms with Gasteiger partial charge in [0.1, 0.15) is 12.4 Å². The van der Waals surface area contributed by atoms with Gasteiger partial charge in [0, 0.05) is 0 Å². The Balaban J connectivity index is 2.04. The maximum absolute atomic E-state index is 11.9. The van der Waals surface area contributed by atoms with Crippen LogP contribution in [0, 0.1) is 0 Å². The Hall–Kier alpha value is -2.49. The topological polar surface area (TPSA) is 61.5 Å². The van der Waals surface area contributed by atoms with E-state index >= 15 is 0 Å². The summed E-state index contributed by atoms with van der Waals surface area (Å²) in [5, 5.41) is 0. The highest BCUT2D eigenvalue weighted by Gasteiger charge is 2.10. The maximum atomic E-state index is 11.9. The molecule has 4 heteroatoms. The van der Waals surface area contributed by atoms with Crippen LogP contribution in [0.15, 0.2) is 48.5 Å². The van der Waals surface area contributed by atoms with Crippen LogP contribution < -0.4 is 10.5 Å². The molecule has 2 aromatic rings. The Morgan fingerprint density at radius 3 is 2.62 bits per heavy atom. The summed E-state index contributed by atoms with van der Waals surface area (Å²) >= 11 is 0. The molecule has 0 heterocycles. The van der Waals surface area contributed by atoms with Gasteiger partial charge >= 0.3 is 5.97 Å². The lowest BCUT2D eigenvalue weighted by Gasteiger charge is -2.11. The first kappa shape index (κ1) is 14.9. The quantitative estimate of drug-likeness (QED) is 0.675. The molecule has 0 fully saturated rings. The maximum Gasteiger partial charge on any atom is 0.338 e. The normalized spacial score (nSPS) is 10.4. The second kappa shape index (κ2) is 6.79. The van der Waals surface area contributed by atoms with Gasteiger partial charge in [-0.2, -0.15) is 0 Å². The van der Waals surface area contributed by atoms with Crippen LogP contribution >= 0.6 is 0 Å². The SMILES string of the molecule is CC(C)OC(=O)c1cccc(COc2ccccc2N)c1. The predicted molar refractivity (Wildman–Crippen MR) is 82.2 cm³/mol. The van der Waals surface area contributed by atoms with E-state index in [2.05, 4.69) is 0 Å². The summed E-state index contributed by atoms with van der Waals surface area (Å²) < 4.78 is 10.8. The highest BCUT2D eigenvalue weighted by molar-refractivity contribution is 5.89. The van der Waals surface area contributed by atoms with Crippen molar-refractivity contribution >= 4 is 11.7 Å². The van der Waals surface area contributed by atoms with E-state index in [4.69, 9.17) is 15.2 Å². The third kappa shape index (κ3) is 4.24. The van der Waals surface area contributed by atoms with Gasteiger partial charge in [0.05, 0.1) is 17.4 Å². The molecule has 0 saturated carbocycles. The lowest BCUT2D eigenvalue weighted by molar-refractivity contribution is 0.0377. The molecule has 2 aromatic carbocycles. The summed E-state index contributed by atoms with van der Waals surface area (Å²) in [6.07, 6.45) is -0.137. The van der Waals surface area contributed by atoms with Gasteiger partial charge in [-0.25, -0.2) is 4.79 Å². The van der Waals surface area contributed by atoms with Crippen molar-refractivity contribution in [3.63, 3.8) is 0 Å². The molecule has 0 amide bonds. The van der Waals surface area contributed by atoms with Crippen molar-refractivity contribution in [1.29, 1.82) is 0 Å². The number of esters is 1. The second-order valence-electron chi connectivity index (χ2n) is 4.98. The lowest BCUT2D eigenvalue weighted by Crippen LogP contribution is -2.12. The molecule has 0 aliphatic carbocycles. The number of para-hydroxylation sites is 2. The van der Waals surface area contributed by atoms with Crippen LogP contribution in [0.4, 0.5) is 5.69 Å². The molecule has 2 rings (SSSR count). The highest BCUT2D eigenvalue weighted by atomic mass is 16.5. The molecule has 4 nitrogen and oxygen atoms in total. The van der Waals surface area contributed by atoms with Gasteiger partial charge in [-0.3, -0.25) is 0 Å². The Kier molecular flexibility index (Phi) is 4.82. The minimum absolute atomic E-state index is 0.137. The molecule has 0 radical (unpaired) electrons. The lowest BCUT2D eigenvalue weighted by atomic mass is 10.1. The molecule has 0 spiro atoms. The molecule has 110 valence electrons. The van der Waals surface area contributed by atoms with E-state index in [1.165, 1.54) is 0 Å². The van der Waals surface area contributed by atoms with Gasteiger partial charge < -0.3 is 15.2 Å². The molecule has 0 aromatic heterocycles. The first-order chi connectivity index (χ1) is 10.1. The van der Waals surface area contributed by atoms with Crippen molar-refractivity contribution in [2.75, 3.05) is 5.73 Å². The summed E-state index contributed by atoms with van der Waals surface area (Å²) in [6.45, 7) is 3.99. The van der Waals surface area contributed by atoms with Gasteiger partial charge in [-0.05, 0) is 43.7 Å². The molecule has 0 aliphatic rings. The number of carbonyl (C=O) groups is 1. The Morgan fingerprint density at radius 2 is 1.90 bits per heavy atom. The third-order valence-corrected chi connectivity index (χ3v) is 2.82. The van der Waals surface area contributed by atoms with E-state index in [-0.39, 0.29) is 12.1 Å². The first-order valence-electron chi connectivity index (χ1n) is 6.83. The zero-order valence-electron chi connectivity index (χ0n) is 12.2. The number of rotatable bonds is 5. The number of hydrogen-bond acceptors (Lipinski definition) is 4. The fourth-order valence-corrected chi connectivity index (χ4v) is 1.84. The molecule has 2 N–H and O–H groups in total. The minimum atomic E-state index is -0.328. The van der Waals surface area contributed by atoms with Gasteiger partial charge in [0.15, 0.2) is 0 Å². The van der Waals surface area contributed by atoms with E-state index in [0.29, 0.717) is 23.6 Å². The summed E-state index contributed by atoms with van der Waals surface area (Å²) in [7, 11) is 0. The van der Waals surface area contributed by atoms with E-state index in [1.807, 2.05) is 44.2 Å². The second-order valence-corrected chi connectivity index (χ2v) is 4.98. The fraction of sp³-hybridized carbons (Fsp3) is 0.235. The molecule has 0 unspecified atom stereocenters. The van der Waals surface area contributed by atoms with E-state index in [0.717, 1.165) is 5.56 Å². The number of ether oxygens (including phenoxy) is 2. The molecule has 0 aliphatic heterocycles. The van der Waals surface area contributed by atoms with Gasteiger partial charge in [-0.1, -0.05) is 24.3 Å².